The number of guanidine groups is 1. The van der Waals surface area contributed by atoms with Crippen LogP contribution in [0.1, 0.15) is 31.7 Å². The van der Waals surface area contributed by atoms with E-state index in [-0.39, 0.29) is 5.82 Å². The van der Waals surface area contributed by atoms with Crippen LogP contribution < -0.4 is 11.1 Å². The number of halogens is 1. The molecule has 0 aliphatic carbocycles. The number of imidazole rings is 1. The Balaban J connectivity index is 1.99. The molecule has 1 aromatic heterocycles. The van der Waals surface area contributed by atoms with Crippen molar-refractivity contribution in [1.82, 2.24) is 14.9 Å². The van der Waals surface area contributed by atoms with E-state index in [9.17, 15) is 4.39 Å². The quantitative estimate of drug-likeness (QED) is 0.636. The van der Waals surface area contributed by atoms with E-state index in [4.69, 9.17) is 5.73 Å². The number of nitrogens with zero attached hydrogens (tertiary/aromatic N) is 3. The maximum Gasteiger partial charge on any atom is 0.188 e. The molecule has 0 unspecified atom stereocenters. The Morgan fingerprint density at radius 1 is 1.43 bits per heavy atom. The summed E-state index contributed by atoms with van der Waals surface area (Å²) in [6, 6.07) is 5.07. The molecule has 23 heavy (non-hydrogen) atoms. The second-order valence-electron chi connectivity index (χ2n) is 5.94. The van der Waals surface area contributed by atoms with Crippen molar-refractivity contribution in [2.75, 3.05) is 6.54 Å². The molecule has 124 valence electrons. The van der Waals surface area contributed by atoms with Gasteiger partial charge in [-0.3, -0.25) is 0 Å². The van der Waals surface area contributed by atoms with E-state index in [1.165, 1.54) is 6.07 Å². The lowest BCUT2D eigenvalue weighted by Gasteiger charge is -2.09. The lowest BCUT2D eigenvalue weighted by Crippen LogP contribution is -2.32. The highest BCUT2D eigenvalue weighted by Crippen LogP contribution is 2.17. The van der Waals surface area contributed by atoms with Crippen LogP contribution in [0.5, 0.6) is 0 Å². The Labute approximate surface area is 136 Å². The third-order valence-electron chi connectivity index (χ3n) is 3.56. The van der Waals surface area contributed by atoms with Gasteiger partial charge in [-0.1, -0.05) is 19.9 Å². The molecule has 0 aliphatic rings. The van der Waals surface area contributed by atoms with Gasteiger partial charge in [-0.2, -0.15) is 0 Å². The summed E-state index contributed by atoms with van der Waals surface area (Å²) >= 11 is 0. The van der Waals surface area contributed by atoms with Crippen molar-refractivity contribution in [3.63, 3.8) is 0 Å². The Hall–Kier alpha value is -2.37. The number of benzene rings is 1. The number of hydrogen-bond acceptors (Lipinski definition) is 2. The zero-order valence-electron chi connectivity index (χ0n) is 13.9. The van der Waals surface area contributed by atoms with E-state index in [0.717, 1.165) is 24.4 Å². The van der Waals surface area contributed by atoms with Gasteiger partial charge in [0, 0.05) is 18.9 Å². The van der Waals surface area contributed by atoms with Gasteiger partial charge in [-0.15, -0.1) is 0 Å². The third-order valence-corrected chi connectivity index (χ3v) is 3.56. The van der Waals surface area contributed by atoms with Crippen LogP contribution in [0.25, 0.3) is 5.69 Å². The third kappa shape index (κ3) is 4.81. The summed E-state index contributed by atoms with van der Waals surface area (Å²) < 4.78 is 16.0. The Morgan fingerprint density at radius 2 is 2.22 bits per heavy atom. The predicted molar refractivity (Wildman–Crippen MR) is 91.0 cm³/mol. The maximum absolute atomic E-state index is 14.3. The smallest absolute Gasteiger partial charge is 0.188 e. The van der Waals surface area contributed by atoms with Gasteiger partial charge in [-0.05, 0) is 37.0 Å². The molecule has 2 aromatic rings. The minimum Gasteiger partial charge on any atom is -0.370 e. The summed E-state index contributed by atoms with van der Waals surface area (Å²) in [4.78, 5) is 8.35. The first kappa shape index (κ1) is 17.0. The summed E-state index contributed by atoms with van der Waals surface area (Å²) in [5.41, 5.74) is 7.06. The zero-order valence-corrected chi connectivity index (χ0v) is 13.9. The average Bonchev–Trinajstić information content (AvgIpc) is 2.91. The SMILES string of the molecule is Cc1nccn1-c1ccc(CN=C(N)NCCC(C)C)cc1F. The molecule has 0 radical (unpaired) electrons. The van der Waals surface area contributed by atoms with Crippen LogP contribution in [0.15, 0.2) is 35.6 Å². The van der Waals surface area contributed by atoms with Gasteiger partial charge in [0.05, 0.1) is 12.2 Å². The average molecular weight is 317 g/mol. The number of nitrogens with one attached hydrogen (secondary N) is 1. The molecule has 5 nitrogen and oxygen atoms in total. The highest BCUT2D eigenvalue weighted by atomic mass is 19.1. The van der Waals surface area contributed by atoms with E-state index >= 15 is 0 Å². The summed E-state index contributed by atoms with van der Waals surface area (Å²) in [6.45, 7) is 7.28. The van der Waals surface area contributed by atoms with E-state index in [1.807, 2.05) is 13.0 Å². The number of aryl methyl sites for hydroxylation is 1. The number of rotatable bonds is 6. The summed E-state index contributed by atoms with van der Waals surface area (Å²) in [5.74, 6) is 1.45. The summed E-state index contributed by atoms with van der Waals surface area (Å²) in [6.07, 6.45) is 4.42. The first-order valence-electron chi connectivity index (χ1n) is 7.80. The molecule has 1 heterocycles. The lowest BCUT2D eigenvalue weighted by molar-refractivity contribution is 0.576. The molecular formula is C17H24FN5. The molecule has 0 aliphatic heterocycles. The number of aromatic nitrogens is 2. The molecule has 0 saturated carbocycles. The van der Waals surface area contributed by atoms with Crippen molar-refractivity contribution < 1.29 is 4.39 Å². The molecule has 6 heteroatoms. The van der Waals surface area contributed by atoms with Crippen LogP contribution in [-0.2, 0) is 6.54 Å². The number of aliphatic imine (C=N–C) groups is 1. The minimum atomic E-state index is -0.301. The van der Waals surface area contributed by atoms with Gasteiger partial charge in [0.1, 0.15) is 11.6 Å². The fraction of sp³-hybridized carbons (Fsp3) is 0.412. The van der Waals surface area contributed by atoms with Crippen molar-refractivity contribution >= 4 is 5.96 Å². The van der Waals surface area contributed by atoms with Crippen LogP contribution in [0.2, 0.25) is 0 Å². The molecule has 0 amide bonds. The monoisotopic (exact) mass is 317 g/mol. The molecule has 0 fully saturated rings. The van der Waals surface area contributed by atoms with Gasteiger partial charge >= 0.3 is 0 Å². The fourth-order valence-corrected chi connectivity index (χ4v) is 2.20. The van der Waals surface area contributed by atoms with Crippen LogP contribution in [0, 0.1) is 18.7 Å². The van der Waals surface area contributed by atoms with Crippen molar-refractivity contribution in [3.05, 3.63) is 47.8 Å². The van der Waals surface area contributed by atoms with Crippen molar-refractivity contribution in [1.29, 1.82) is 0 Å². The molecule has 0 spiro atoms. The minimum absolute atomic E-state index is 0.301. The molecule has 1 aromatic carbocycles. The standard InChI is InChI=1S/C17H24FN5/c1-12(2)6-7-21-17(19)22-11-14-4-5-16(15(18)10-14)23-9-8-20-13(23)3/h4-5,8-10,12H,6-7,11H2,1-3H3,(H3,19,21,22). The number of hydrogen-bond donors (Lipinski definition) is 2. The van der Waals surface area contributed by atoms with Crippen LogP contribution >= 0.6 is 0 Å². The van der Waals surface area contributed by atoms with Crippen LogP contribution in [0.3, 0.4) is 0 Å². The van der Waals surface area contributed by atoms with Crippen molar-refractivity contribution in [3.8, 4) is 5.69 Å². The van der Waals surface area contributed by atoms with Gasteiger partial charge in [-0.25, -0.2) is 14.4 Å². The van der Waals surface area contributed by atoms with Gasteiger partial charge in [0.25, 0.3) is 0 Å². The summed E-state index contributed by atoms with van der Waals surface area (Å²) in [7, 11) is 0. The van der Waals surface area contributed by atoms with E-state index < -0.39 is 0 Å². The maximum atomic E-state index is 14.3. The Kier molecular flexibility index (Phi) is 5.73. The molecule has 0 atom stereocenters. The topological polar surface area (TPSA) is 68.2 Å². The zero-order chi connectivity index (χ0) is 16.8. The van der Waals surface area contributed by atoms with Crippen LogP contribution in [0.4, 0.5) is 4.39 Å². The van der Waals surface area contributed by atoms with Crippen molar-refractivity contribution in [2.45, 2.75) is 33.7 Å². The lowest BCUT2D eigenvalue weighted by atomic mass is 10.1. The predicted octanol–water partition coefficient (Wildman–Crippen LogP) is 2.77. The van der Waals surface area contributed by atoms with Gasteiger partial charge in [0.15, 0.2) is 5.96 Å². The first-order chi connectivity index (χ1) is 11.0. The second-order valence-corrected chi connectivity index (χ2v) is 5.94. The fourth-order valence-electron chi connectivity index (χ4n) is 2.20. The highest BCUT2D eigenvalue weighted by Gasteiger charge is 2.07. The molecule has 0 bridgehead atoms. The van der Waals surface area contributed by atoms with Crippen molar-refractivity contribution in [2.24, 2.45) is 16.6 Å². The van der Waals surface area contributed by atoms with Crippen LogP contribution in [-0.4, -0.2) is 22.1 Å². The molecule has 0 saturated heterocycles. The van der Waals surface area contributed by atoms with E-state index in [2.05, 4.69) is 29.1 Å². The second kappa shape index (κ2) is 7.76. The van der Waals surface area contributed by atoms with E-state index in [0.29, 0.717) is 24.1 Å². The van der Waals surface area contributed by atoms with Gasteiger partial charge < -0.3 is 15.6 Å². The molecule has 2 rings (SSSR count). The Bertz CT molecular complexity index is 675. The highest BCUT2D eigenvalue weighted by molar-refractivity contribution is 5.77. The molecular weight excluding hydrogens is 293 g/mol. The normalized spacial score (nSPS) is 12.0. The number of nitrogens with two attached hydrogens (primary N) is 1. The Morgan fingerprint density at radius 3 is 2.83 bits per heavy atom. The largest absolute Gasteiger partial charge is 0.370 e. The first-order valence-corrected chi connectivity index (χ1v) is 7.80. The van der Waals surface area contributed by atoms with E-state index in [1.54, 1.807) is 23.0 Å². The van der Waals surface area contributed by atoms with Gasteiger partial charge in [0.2, 0.25) is 0 Å². The molecule has 3 N–H and O–H groups in total. The summed E-state index contributed by atoms with van der Waals surface area (Å²) in [5, 5.41) is 3.06.